The van der Waals surface area contributed by atoms with Crippen molar-refractivity contribution in [3.63, 3.8) is 0 Å². The number of hydrogen-bond acceptors (Lipinski definition) is 1. The van der Waals surface area contributed by atoms with Crippen molar-refractivity contribution in [2.24, 2.45) is 5.92 Å². The molecule has 0 aromatic heterocycles. The summed E-state index contributed by atoms with van der Waals surface area (Å²) in [4.78, 5) is 0. The predicted octanol–water partition coefficient (Wildman–Crippen LogP) is 3.45. The van der Waals surface area contributed by atoms with Gasteiger partial charge in [0.25, 0.3) is 0 Å². The zero-order valence-electron chi connectivity index (χ0n) is 9.79. The molecule has 0 amide bonds. The molecular weight excluding hydrogens is 182 g/mol. The van der Waals surface area contributed by atoms with E-state index in [9.17, 15) is 0 Å². The molecule has 0 radical (unpaired) electrons. The van der Waals surface area contributed by atoms with Gasteiger partial charge in [0.1, 0.15) is 0 Å². The fourth-order valence-electron chi connectivity index (χ4n) is 2.87. The van der Waals surface area contributed by atoms with E-state index in [1.54, 1.807) is 0 Å². The third-order valence-corrected chi connectivity index (χ3v) is 3.71. The molecule has 0 saturated heterocycles. The Hall–Kier alpha value is -0.820. The van der Waals surface area contributed by atoms with Crippen LogP contribution in [0.4, 0.5) is 0 Å². The average molecular weight is 203 g/mol. The summed E-state index contributed by atoms with van der Waals surface area (Å²) in [7, 11) is 2.09. The Morgan fingerprint density at radius 1 is 1.20 bits per heavy atom. The van der Waals surface area contributed by atoms with Gasteiger partial charge in [0.15, 0.2) is 0 Å². The van der Waals surface area contributed by atoms with Crippen LogP contribution < -0.4 is 5.32 Å². The van der Waals surface area contributed by atoms with E-state index >= 15 is 0 Å². The van der Waals surface area contributed by atoms with Gasteiger partial charge >= 0.3 is 0 Å². The van der Waals surface area contributed by atoms with Crippen molar-refractivity contribution in [3.05, 3.63) is 35.4 Å². The minimum atomic E-state index is 0.564. The second-order valence-corrected chi connectivity index (χ2v) is 4.67. The fraction of sp³-hybridized carbons (Fsp3) is 0.571. The number of benzene rings is 1. The molecule has 1 heteroatoms. The number of hydrogen-bond donors (Lipinski definition) is 1. The van der Waals surface area contributed by atoms with Crippen LogP contribution in [-0.4, -0.2) is 7.05 Å². The summed E-state index contributed by atoms with van der Waals surface area (Å²) < 4.78 is 0. The first-order chi connectivity index (χ1) is 7.33. The zero-order chi connectivity index (χ0) is 10.7. The van der Waals surface area contributed by atoms with Crippen LogP contribution >= 0.6 is 0 Å². The van der Waals surface area contributed by atoms with Crippen molar-refractivity contribution in [1.29, 1.82) is 0 Å². The molecule has 2 rings (SSSR count). The molecule has 0 heterocycles. The largest absolute Gasteiger partial charge is 0.313 e. The van der Waals surface area contributed by atoms with Crippen LogP contribution in [0.2, 0.25) is 0 Å². The third kappa shape index (κ3) is 2.23. The monoisotopic (exact) mass is 203 g/mol. The molecule has 1 unspecified atom stereocenters. The lowest BCUT2D eigenvalue weighted by atomic mass is 9.89. The van der Waals surface area contributed by atoms with E-state index in [2.05, 4.69) is 43.6 Å². The van der Waals surface area contributed by atoms with Crippen LogP contribution in [0.25, 0.3) is 0 Å². The lowest BCUT2D eigenvalue weighted by Gasteiger charge is -2.24. The second-order valence-electron chi connectivity index (χ2n) is 4.67. The minimum absolute atomic E-state index is 0.564. The van der Waals surface area contributed by atoms with Crippen LogP contribution in [0.1, 0.15) is 42.9 Å². The number of nitrogens with one attached hydrogen (secondary N) is 1. The van der Waals surface area contributed by atoms with E-state index < -0.39 is 0 Å². The molecular formula is C14H21N. The summed E-state index contributed by atoms with van der Waals surface area (Å²) in [6.07, 6.45) is 5.60. The van der Waals surface area contributed by atoms with Crippen molar-refractivity contribution in [3.8, 4) is 0 Å². The van der Waals surface area contributed by atoms with E-state index in [1.165, 1.54) is 36.8 Å². The number of aryl methyl sites for hydroxylation is 1. The van der Waals surface area contributed by atoms with Gasteiger partial charge in [-0.05, 0) is 43.9 Å². The topological polar surface area (TPSA) is 12.0 Å². The Kier molecular flexibility index (Phi) is 3.42. The smallest absolute Gasteiger partial charge is 0.0348 e. The van der Waals surface area contributed by atoms with Crippen LogP contribution in [0.3, 0.4) is 0 Å². The molecule has 1 aliphatic rings. The van der Waals surface area contributed by atoms with Gasteiger partial charge in [0.05, 0.1) is 0 Å². The average Bonchev–Trinajstić information content (AvgIpc) is 2.75. The van der Waals surface area contributed by atoms with Gasteiger partial charge in [-0.15, -0.1) is 0 Å². The first-order valence-corrected chi connectivity index (χ1v) is 6.05. The summed E-state index contributed by atoms with van der Waals surface area (Å²) in [5.74, 6) is 0.844. The van der Waals surface area contributed by atoms with Gasteiger partial charge in [0, 0.05) is 6.04 Å². The summed E-state index contributed by atoms with van der Waals surface area (Å²) in [5.41, 5.74) is 2.91. The standard InChI is InChI=1S/C14H21N/c1-11-7-3-6-10-13(11)14(15-2)12-8-4-5-9-12/h3,6-7,10,12,14-15H,4-5,8-9H2,1-2H3. The molecule has 1 fully saturated rings. The van der Waals surface area contributed by atoms with Gasteiger partial charge in [-0.25, -0.2) is 0 Å². The highest BCUT2D eigenvalue weighted by Crippen LogP contribution is 2.36. The van der Waals surface area contributed by atoms with E-state index in [4.69, 9.17) is 0 Å². The normalized spacial score (nSPS) is 19.3. The van der Waals surface area contributed by atoms with Crippen molar-refractivity contribution in [2.45, 2.75) is 38.6 Å². The molecule has 1 atom stereocenters. The van der Waals surface area contributed by atoms with Crippen LogP contribution in [0.5, 0.6) is 0 Å². The van der Waals surface area contributed by atoms with Crippen molar-refractivity contribution < 1.29 is 0 Å². The molecule has 0 aliphatic heterocycles. The van der Waals surface area contributed by atoms with Gasteiger partial charge in [-0.3, -0.25) is 0 Å². The Labute approximate surface area is 92.9 Å². The Bertz CT molecular complexity index is 313. The molecule has 1 nitrogen and oxygen atoms in total. The predicted molar refractivity (Wildman–Crippen MR) is 64.9 cm³/mol. The van der Waals surface area contributed by atoms with Crippen LogP contribution in [0, 0.1) is 12.8 Å². The molecule has 1 saturated carbocycles. The summed E-state index contributed by atoms with van der Waals surface area (Å²) in [5, 5.41) is 3.50. The zero-order valence-corrected chi connectivity index (χ0v) is 9.79. The van der Waals surface area contributed by atoms with Crippen molar-refractivity contribution in [2.75, 3.05) is 7.05 Å². The molecule has 0 bridgehead atoms. The summed E-state index contributed by atoms with van der Waals surface area (Å²) >= 11 is 0. The maximum Gasteiger partial charge on any atom is 0.0348 e. The Morgan fingerprint density at radius 3 is 2.47 bits per heavy atom. The van der Waals surface area contributed by atoms with E-state index in [-0.39, 0.29) is 0 Å². The maximum atomic E-state index is 3.50. The van der Waals surface area contributed by atoms with E-state index in [0.717, 1.165) is 5.92 Å². The highest BCUT2D eigenvalue weighted by Gasteiger charge is 2.25. The first-order valence-electron chi connectivity index (χ1n) is 6.05. The van der Waals surface area contributed by atoms with Gasteiger partial charge in [-0.2, -0.15) is 0 Å². The molecule has 82 valence electrons. The molecule has 1 aliphatic carbocycles. The van der Waals surface area contributed by atoms with Crippen LogP contribution in [-0.2, 0) is 0 Å². The molecule has 1 aromatic rings. The fourth-order valence-corrected chi connectivity index (χ4v) is 2.87. The molecule has 1 N–H and O–H groups in total. The third-order valence-electron chi connectivity index (χ3n) is 3.71. The highest BCUT2D eigenvalue weighted by molar-refractivity contribution is 5.29. The quantitative estimate of drug-likeness (QED) is 0.793. The summed E-state index contributed by atoms with van der Waals surface area (Å²) in [6.45, 7) is 2.22. The van der Waals surface area contributed by atoms with Gasteiger partial charge in [0.2, 0.25) is 0 Å². The van der Waals surface area contributed by atoms with Gasteiger partial charge < -0.3 is 5.32 Å². The van der Waals surface area contributed by atoms with Gasteiger partial charge in [-0.1, -0.05) is 37.1 Å². The SMILES string of the molecule is CNC(c1ccccc1C)C1CCCC1. The van der Waals surface area contributed by atoms with E-state index in [1.807, 2.05) is 0 Å². The number of rotatable bonds is 3. The first kappa shape index (κ1) is 10.7. The molecule has 15 heavy (non-hydrogen) atoms. The highest BCUT2D eigenvalue weighted by atomic mass is 14.9. The second kappa shape index (κ2) is 4.80. The Morgan fingerprint density at radius 2 is 1.87 bits per heavy atom. The lowest BCUT2D eigenvalue weighted by Crippen LogP contribution is -2.24. The van der Waals surface area contributed by atoms with E-state index in [0.29, 0.717) is 6.04 Å². The maximum absolute atomic E-state index is 3.50. The van der Waals surface area contributed by atoms with Crippen molar-refractivity contribution >= 4 is 0 Å². The Balaban J connectivity index is 2.22. The van der Waals surface area contributed by atoms with Crippen LogP contribution in [0.15, 0.2) is 24.3 Å². The van der Waals surface area contributed by atoms with Crippen molar-refractivity contribution in [1.82, 2.24) is 5.32 Å². The summed E-state index contributed by atoms with van der Waals surface area (Å²) in [6, 6.07) is 9.33. The minimum Gasteiger partial charge on any atom is -0.313 e. The molecule has 1 aromatic carbocycles. The molecule has 0 spiro atoms. The lowest BCUT2D eigenvalue weighted by molar-refractivity contribution is 0.389.